The van der Waals surface area contributed by atoms with Gasteiger partial charge in [-0.2, -0.15) is 0 Å². The molecular weight excluding hydrogens is 453 g/mol. The Morgan fingerprint density at radius 1 is 1.26 bits per heavy atom. The van der Waals surface area contributed by atoms with E-state index in [0.29, 0.717) is 22.5 Å². The van der Waals surface area contributed by atoms with Crippen molar-refractivity contribution >= 4 is 33.1 Å². The first kappa shape index (κ1) is 24.3. The van der Waals surface area contributed by atoms with Gasteiger partial charge in [-0.25, -0.2) is 9.37 Å². The van der Waals surface area contributed by atoms with Crippen LogP contribution in [-0.2, 0) is 11.2 Å². The van der Waals surface area contributed by atoms with E-state index in [4.69, 9.17) is 0 Å². The van der Waals surface area contributed by atoms with Gasteiger partial charge in [0, 0.05) is 55.1 Å². The summed E-state index contributed by atoms with van der Waals surface area (Å²) in [7, 11) is 0. The molecule has 182 valence electrons. The van der Waals surface area contributed by atoms with E-state index in [1.54, 1.807) is 0 Å². The lowest BCUT2D eigenvalue weighted by Crippen LogP contribution is -2.46. The third-order valence-corrected chi connectivity index (χ3v) is 7.77. The molecule has 9 heteroatoms. The zero-order chi connectivity index (χ0) is 24.4. The number of aryl methyl sites for hydroxylation is 3. The van der Waals surface area contributed by atoms with Crippen molar-refractivity contribution in [2.24, 2.45) is 0 Å². The summed E-state index contributed by atoms with van der Waals surface area (Å²) in [4.78, 5) is 39.0. The lowest BCUT2D eigenvalue weighted by molar-refractivity contribution is -0.121. The molecular formula is C25H32FN5O2S. The predicted molar refractivity (Wildman–Crippen MR) is 135 cm³/mol. The fraction of sp³-hybridized carbons (Fsp3) is 0.480. The largest absolute Gasteiger partial charge is 0.369 e. The Balaban J connectivity index is 1.42. The molecule has 3 aromatic rings. The number of carbonyl (C=O) groups is 1. The molecule has 1 amide bonds. The summed E-state index contributed by atoms with van der Waals surface area (Å²) in [5.74, 6) is 0.0187. The number of halogens is 1. The van der Waals surface area contributed by atoms with E-state index in [-0.39, 0.29) is 29.7 Å². The van der Waals surface area contributed by atoms with E-state index in [0.717, 1.165) is 54.4 Å². The minimum absolute atomic E-state index is 0.164. The van der Waals surface area contributed by atoms with Crippen molar-refractivity contribution in [1.29, 1.82) is 0 Å². The monoisotopic (exact) mass is 485 g/mol. The third-order valence-electron chi connectivity index (χ3n) is 6.67. The molecule has 0 bridgehead atoms. The maximum Gasteiger partial charge on any atom is 0.259 e. The fourth-order valence-electron chi connectivity index (χ4n) is 4.51. The van der Waals surface area contributed by atoms with Crippen LogP contribution in [0, 0.1) is 19.7 Å². The number of piperazine rings is 1. The van der Waals surface area contributed by atoms with Crippen molar-refractivity contribution in [3.8, 4) is 0 Å². The van der Waals surface area contributed by atoms with Gasteiger partial charge in [-0.3, -0.25) is 9.59 Å². The number of amides is 1. The zero-order valence-corrected chi connectivity index (χ0v) is 21.0. The van der Waals surface area contributed by atoms with E-state index in [1.165, 1.54) is 23.5 Å². The average molecular weight is 486 g/mol. The summed E-state index contributed by atoms with van der Waals surface area (Å²) < 4.78 is 14.1. The molecule has 1 aliphatic rings. The summed E-state index contributed by atoms with van der Waals surface area (Å²) in [6.45, 7) is 12.6. The number of likely N-dealkylation sites (N-methyl/N-ethyl adjacent to an activating group) is 1. The lowest BCUT2D eigenvalue weighted by Gasteiger charge is -2.37. The summed E-state index contributed by atoms with van der Waals surface area (Å²) in [6.07, 6.45) is 0.511. The standard InChI is InChI=1S/C25H32FN5O2S/c1-5-30-10-12-31(13-11-30)20-7-6-18(26)14-19(20)16(3)27-22(32)9-8-21-28-24(33)23-15(2)17(4)34-25(23)29-21/h6-7,14,16H,5,8-13H2,1-4H3,(H,27,32)(H,28,29,33). The Hall–Kier alpha value is -2.78. The molecule has 3 heterocycles. The van der Waals surface area contributed by atoms with Crippen LogP contribution in [0.3, 0.4) is 0 Å². The quantitative estimate of drug-likeness (QED) is 0.534. The van der Waals surface area contributed by atoms with Crippen LogP contribution < -0.4 is 15.8 Å². The maximum atomic E-state index is 14.1. The minimum atomic E-state index is -0.348. The van der Waals surface area contributed by atoms with Crippen molar-refractivity contribution in [2.45, 2.75) is 46.6 Å². The van der Waals surface area contributed by atoms with Crippen LogP contribution >= 0.6 is 11.3 Å². The summed E-state index contributed by atoms with van der Waals surface area (Å²) in [6, 6.07) is 4.45. The first-order valence-corrected chi connectivity index (χ1v) is 12.6. The highest BCUT2D eigenvalue weighted by Gasteiger charge is 2.22. The Kier molecular flexibility index (Phi) is 7.33. The molecule has 34 heavy (non-hydrogen) atoms. The number of aromatic amines is 1. The van der Waals surface area contributed by atoms with Crippen LogP contribution in [0.2, 0.25) is 0 Å². The summed E-state index contributed by atoms with van der Waals surface area (Å²) in [5.41, 5.74) is 2.53. The molecule has 0 saturated carbocycles. The van der Waals surface area contributed by atoms with E-state index in [1.807, 2.05) is 26.8 Å². The van der Waals surface area contributed by atoms with Crippen molar-refractivity contribution in [3.05, 3.63) is 56.2 Å². The van der Waals surface area contributed by atoms with Gasteiger partial charge >= 0.3 is 0 Å². The normalized spacial score (nSPS) is 15.6. The number of nitrogens with one attached hydrogen (secondary N) is 2. The van der Waals surface area contributed by atoms with Crippen LogP contribution in [0.25, 0.3) is 10.2 Å². The Morgan fingerprint density at radius 2 is 2.00 bits per heavy atom. The van der Waals surface area contributed by atoms with Gasteiger partial charge in [0.25, 0.3) is 5.56 Å². The molecule has 1 fully saturated rings. The van der Waals surface area contributed by atoms with Gasteiger partial charge in [-0.05, 0) is 51.1 Å². The predicted octanol–water partition coefficient (Wildman–Crippen LogP) is 3.69. The Morgan fingerprint density at radius 3 is 2.71 bits per heavy atom. The number of carbonyl (C=O) groups excluding carboxylic acids is 1. The number of aromatic nitrogens is 2. The number of hydrogen-bond donors (Lipinski definition) is 2. The van der Waals surface area contributed by atoms with Gasteiger partial charge in [0.15, 0.2) is 0 Å². The van der Waals surface area contributed by atoms with Crippen molar-refractivity contribution in [3.63, 3.8) is 0 Å². The van der Waals surface area contributed by atoms with Crippen molar-refractivity contribution in [2.75, 3.05) is 37.6 Å². The molecule has 0 spiro atoms. The van der Waals surface area contributed by atoms with E-state index >= 15 is 0 Å². The van der Waals surface area contributed by atoms with Gasteiger partial charge in [-0.15, -0.1) is 11.3 Å². The number of H-pyrrole nitrogens is 1. The second-order valence-corrected chi connectivity index (χ2v) is 10.1. The van der Waals surface area contributed by atoms with Gasteiger partial charge in [0.2, 0.25) is 5.91 Å². The highest BCUT2D eigenvalue weighted by atomic mass is 32.1. The summed E-state index contributed by atoms with van der Waals surface area (Å²) in [5, 5.41) is 3.63. The van der Waals surface area contributed by atoms with Gasteiger partial charge in [-0.1, -0.05) is 6.92 Å². The Labute approximate surface area is 203 Å². The molecule has 1 unspecified atom stereocenters. The topological polar surface area (TPSA) is 81.3 Å². The molecule has 0 radical (unpaired) electrons. The number of thiophene rings is 1. The van der Waals surface area contributed by atoms with Gasteiger partial charge in [0.05, 0.1) is 11.4 Å². The molecule has 0 aliphatic carbocycles. The number of fused-ring (bicyclic) bond motifs is 1. The summed E-state index contributed by atoms with van der Waals surface area (Å²) >= 11 is 1.49. The third kappa shape index (κ3) is 5.15. The number of rotatable bonds is 7. The van der Waals surface area contributed by atoms with Gasteiger partial charge in [0.1, 0.15) is 16.5 Å². The van der Waals surface area contributed by atoms with Crippen molar-refractivity contribution < 1.29 is 9.18 Å². The smallest absolute Gasteiger partial charge is 0.259 e. The minimum Gasteiger partial charge on any atom is -0.369 e. The second kappa shape index (κ2) is 10.2. The first-order valence-electron chi connectivity index (χ1n) is 11.8. The SMILES string of the molecule is CCN1CCN(c2ccc(F)cc2C(C)NC(=O)CCc2nc3sc(C)c(C)c3c(=O)[nH]2)CC1. The highest BCUT2D eigenvalue weighted by Crippen LogP contribution is 2.29. The number of anilines is 1. The molecule has 1 atom stereocenters. The van der Waals surface area contributed by atoms with Crippen LogP contribution in [0.15, 0.2) is 23.0 Å². The molecule has 1 aromatic carbocycles. The van der Waals surface area contributed by atoms with Crippen LogP contribution in [0.4, 0.5) is 10.1 Å². The number of benzene rings is 1. The van der Waals surface area contributed by atoms with Crippen LogP contribution in [0.5, 0.6) is 0 Å². The van der Waals surface area contributed by atoms with E-state index in [9.17, 15) is 14.0 Å². The zero-order valence-electron chi connectivity index (χ0n) is 20.2. The molecule has 1 saturated heterocycles. The van der Waals surface area contributed by atoms with E-state index in [2.05, 4.69) is 32.0 Å². The molecule has 7 nitrogen and oxygen atoms in total. The molecule has 4 rings (SSSR count). The van der Waals surface area contributed by atoms with Crippen molar-refractivity contribution in [1.82, 2.24) is 20.2 Å². The van der Waals surface area contributed by atoms with Gasteiger partial charge < -0.3 is 20.1 Å². The highest BCUT2D eigenvalue weighted by molar-refractivity contribution is 7.18. The maximum absolute atomic E-state index is 14.1. The first-order chi connectivity index (χ1) is 16.3. The average Bonchev–Trinajstić information content (AvgIpc) is 3.11. The lowest BCUT2D eigenvalue weighted by atomic mass is 10.0. The number of nitrogens with zero attached hydrogens (tertiary/aromatic N) is 3. The number of hydrogen-bond acceptors (Lipinski definition) is 6. The van der Waals surface area contributed by atoms with E-state index < -0.39 is 0 Å². The Bertz CT molecular complexity index is 1250. The fourth-order valence-corrected chi connectivity index (χ4v) is 5.56. The second-order valence-electron chi connectivity index (χ2n) is 8.89. The molecule has 1 aliphatic heterocycles. The van der Waals surface area contributed by atoms with Crippen LogP contribution in [-0.4, -0.2) is 53.5 Å². The molecule has 2 aromatic heterocycles. The van der Waals surface area contributed by atoms with Crippen LogP contribution in [0.1, 0.15) is 48.1 Å². The molecule has 2 N–H and O–H groups in total.